The zero-order valence-corrected chi connectivity index (χ0v) is 11.2. The van der Waals surface area contributed by atoms with E-state index in [0.717, 1.165) is 21.6 Å². The van der Waals surface area contributed by atoms with Crippen LogP contribution < -0.4 is 5.73 Å². The van der Waals surface area contributed by atoms with E-state index in [1.807, 2.05) is 49.4 Å². The molecule has 2 aromatic carbocycles. The summed E-state index contributed by atoms with van der Waals surface area (Å²) in [7, 11) is -0.984. The van der Waals surface area contributed by atoms with Gasteiger partial charge < -0.3 is 5.73 Å². The summed E-state index contributed by atoms with van der Waals surface area (Å²) in [5, 5.41) is 0. The van der Waals surface area contributed by atoms with Crippen molar-refractivity contribution < 1.29 is 4.21 Å². The van der Waals surface area contributed by atoms with E-state index in [0.29, 0.717) is 12.3 Å². The quantitative estimate of drug-likeness (QED) is 0.917. The highest BCUT2D eigenvalue weighted by atomic mass is 32.2. The van der Waals surface area contributed by atoms with Gasteiger partial charge in [-0.15, -0.1) is 0 Å². The molecule has 0 heterocycles. The maximum Gasteiger partial charge on any atom is 0.0574 e. The van der Waals surface area contributed by atoms with E-state index in [4.69, 9.17) is 5.73 Å². The molecule has 2 N–H and O–H groups in total. The fourth-order valence-corrected chi connectivity index (χ4v) is 3.08. The van der Waals surface area contributed by atoms with Gasteiger partial charge in [0.25, 0.3) is 0 Å². The maximum atomic E-state index is 12.2. The van der Waals surface area contributed by atoms with Crippen molar-refractivity contribution in [3.05, 3.63) is 65.2 Å². The summed E-state index contributed by atoms with van der Waals surface area (Å²) < 4.78 is 12.2. The van der Waals surface area contributed by atoms with E-state index < -0.39 is 10.8 Å². The standard InChI is InChI=1S/C15H17NOS/c1-12-9-13(10-16)7-8-14(12)11-18(17)15-5-3-2-4-6-15/h2-9H,10-11,16H2,1H3. The van der Waals surface area contributed by atoms with Crippen LogP contribution in [0.25, 0.3) is 0 Å². The van der Waals surface area contributed by atoms with Crippen LogP contribution in [0, 0.1) is 6.92 Å². The smallest absolute Gasteiger partial charge is 0.0574 e. The van der Waals surface area contributed by atoms with Crippen molar-refractivity contribution in [1.29, 1.82) is 0 Å². The molecule has 2 nitrogen and oxygen atoms in total. The molecule has 1 unspecified atom stereocenters. The molecule has 0 bridgehead atoms. The lowest BCUT2D eigenvalue weighted by Crippen LogP contribution is -2.01. The van der Waals surface area contributed by atoms with Gasteiger partial charge in [0.05, 0.1) is 16.6 Å². The van der Waals surface area contributed by atoms with Crippen LogP contribution in [0.2, 0.25) is 0 Å². The van der Waals surface area contributed by atoms with Crippen molar-refractivity contribution >= 4 is 10.8 Å². The zero-order valence-electron chi connectivity index (χ0n) is 10.4. The molecule has 0 aliphatic carbocycles. The lowest BCUT2D eigenvalue weighted by Gasteiger charge is -2.08. The molecule has 2 aromatic rings. The predicted octanol–water partition coefficient (Wildman–Crippen LogP) is 2.76. The molecule has 0 aliphatic heterocycles. The highest BCUT2D eigenvalue weighted by Gasteiger charge is 2.07. The van der Waals surface area contributed by atoms with Crippen molar-refractivity contribution in [2.75, 3.05) is 0 Å². The van der Waals surface area contributed by atoms with E-state index in [-0.39, 0.29) is 0 Å². The lowest BCUT2D eigenvalue weighted by molar-refractivity contribution is 0.682. The first-order valence-corrected chi connectivity index (χ1v) is 7.24. The predicted molar refractivity (Wildman–Crippen MR) is 75.6 cm³/mol. The van der Waals surface area contributed by atoms with Crippen LogP contribution in [-0.4, -0.2) is 4.21 Å². The molecule has 18 heavy (non-hydrogen) atoms. The average Bonchev–Trinajstić information content (AvgIpc) is 2.42. The third-order valence-electron chi connectivity index (χ3n) is 2.94. The third kappa shape index (κ3) is 3.06. The topological polar surface area (TPSA) is 43.1 Å². The van der Waals surface area contributed by atoms with Gasteiger partial charge in [0.2, 0.25) is 0 Å². The molecule has 0 fully saturated rings. The molecule has 0 spiro atoms. The highest BCUT2D eigenvalue weighted by molar-refractivity contribution is 7.84. The SMILES string of the molecule is Cc1cc(CN)ccc1CS(=O)c1ccccc1. The second-order valence-corrected chi connectivity index (χ2v) is 5.72. The fraction of sp³-hybridized carbons (Fsp3) is 0.200. The van der Waals surface area contributed by atoms with Crippen LogP contribution in [0.5, 0.6) is 0 Å². The van der Waals surface area contributed by atoms with Crippen molar-refractivity contribution in [1.82, 2.24) is 0 Å². The van der Waals surface area contributed by atoms with Gasteiger partial charge in [-0.25, -0.2) is 0 Å². The summed E-state index contributed by atoms with van der Waals surface area (Å²) in [5.74, 6) is 0.556. The first-order chi connectivity index (χ1) is 8.70. The summed E-state index contributed by atoms with van der Waals surface area (Å²) >= 11 is 0. The van der Waals surface area contributed by atoms with Gasteiger partial charge in [-0.3, -0.25) is 4.21 Å². The van der Waals surface area contributed by atoms with E-state index >= 15 is 0 Å². The average molecular weight is 259 g/mol. The molecular weight excluding hydrogens is 242 g/mol. The number of nitrogens with two attached hydrogens (primary N) is 1. The zero-order chi connectivity index (χ0) is 13.0. The molecule has 0 radical (unpaired) electrons. The van der Waals surface area contributed by atoms with Crippen LogP contribution in [0.3, 0.4) is 0 Å². The second kappa shape index (κ2) is 5.94. The van der Waals surface area contributed by atoms with Crippen molar-refractivity contribution in [2.45, 2.75) is 24.1 Å². The molecule has 94 valence electrons. The Morgan fingerprint density at radius 1 is 1.11 bits per heavy atom. The summed E-state index contributed by atoms with van der Waals surface area (Å²) in [4.78, 5) is 0.875. The van der Waals surface area contributed by atoms with Gasteiger partial charge >= 0.3 is 0 Å². The fourth-order valence-electron chi connectivity index (χ4n) is 1.84. The van der Waals surface area contributed by atoms with E-state index in [9.17, 15) is 4.21 Å². The Labute approximate surface area is 110 Å². The van der Waals surface area contributed by atoms with Crippen molar-refractivity contribution in [3.8, 4) is 0 Å². The van der Waals surface area contributed by atoms with Crippen LogP contribution in [0.1, 0.15) is 16.7 Å². The molecule has 0 aromatic heterocycles. The van der Waals surface area contributed by atoms with E-state index in [1.165, 1.54) is 0 Å². The summed E-state index contributed by atoms with van der Waals surface area (Å²) in [5.41, 5.74) is 8.99. The minimum absolute atomic E-state index is 0.545. The molecule has 0 saturated heterocycles. The molecule has 1 atom stereocenters. The number of rotatable bonds is 4. The van der Waals surface area contributed by atoms with Crippen molar-refractivity contribution in [3.63, 3.8) is 0 Å². The Kier molecular flexibility index (Phi) is 4.28. The Hall–Kier alpha value is -1.45. The highest BCUT2D eigenvalue weighted by Crippen LogP contribution is 2.16. The van der Waals surface area contributed by atoms with Crippen LogP contribution in [0.4, 0.5) is 0 Å². The maximum absolute atomic E-state index is 12.2. The third-order valence-corrected chi connectivity index (χ3v) is 4.31. The summed E-state index contributed by atoms with van der Waals surface area (Å²) in [6.45, 7) is 2.58. The van der Waals surface area contributed by atoms with Gasteiger partial charge in [-0.05, 0) is 35.7 Å². The van der Waals surface area contributed by atoms with Gasteiger partial charge in [0.15, 0.2) is 0 Å². The molecule has 2 rings (SSSR count). The van der Waals surface area contributed by atoms with E-state index in [1.54, 1.807) is 0 Å². The molecule has 0 saturated carbocycles. The van der Waals surface area contributed by atoms with E-state index in [2.05, 4.69) is 6.07 Å². The summed E-state index contributed by atoms with van der Waals surface area (Å²) in [6.07, 6.45) is 0. The normalized spacial score (nSPS) is 12.3. The van der Waals surface area contributed by atoms with Crippen molar-refractivity contribution in [2.24, 2.45) is 5.73 Å². The van der Waals surface area contributed by atoms with Gasteiger partial charge in [-0.2, -0.15) is 0 Å². The Morgan fingerprint density at radius 2 is 1.83 bits per heavy atom. The van der Waals surface area contributed by atoms with Crippen LogP contribution in [0.15, 0.2) is 53.4 Å². The minimum Gasteiger partial charge on any atom is -0.326 e. The minimum atomic E-state index is -0.984. The number of benzene rings is 2. The van der Waals surface area contributed by atoms with Gasteiger partial charge in [-0.1, -0.05) is 36.4 Å². The first kappa shape index (κ1) is 13.0. The van der Waals surface area contributed by atoms with Gasteiger partial charge in [0, 0.05) is 11.4 Å². The lowest BCUT2D eigenvalue weighted by atomic mass is 10.1. The van der Waals surface area contributed by atoms with Crippen LogP contribution in [-0.2, 0) is 23.1 Å². The number of hydrogen-bond donors (Lipinski definition) is 1. The monoisotopic (exact) mass is 259 g/mol. The molecule has 0 amide bonds. The Bertz CT molecular complexity index is 552. The molecule has 3 heteroatoms. The molecular formula is C15H17NOS. The number of hydrogen-bond acceptors (Lipinski definition) is 2. The second-order valence-electron chi connectivity index (χ2n) is 4.27. The Morgan fingerprint density at radius 3 is 2.44 bits per heavy atom. The summed E-state index contributed by atoms with van der Waals surface area (Å²) in [6, 6.07) is 15.7. The molecule has 0 aliphatic rings. The largest absolute Gasteiger partial charge is 0.326 e. The van der Waals surface area contributed by atoms with Crippen LogP contribution >= 0.6 is 0 Å². The first-order valence-electron chi connectivity index (χ1n) is 5.92. The van der Waals surface area contributed by atoms with Gasteiger partial charge in [0.1, 0.15) is 0 Å². The number of aryl methyl sites for hydroxylation is 1. The Balaban J connectivity index is 2.17.